The zero-order valence-corrected chi connectivity index (χ0v) is 38.6. The zero-order valence-electron chi connectivity index (χ0n) is 38.6. The van der Waals surface area contributed by atoms with Crippen molar-refractivity contribution in [1.29, 1.82) is 0 Å². The van der Waals surface area contributed by atoms with E-state index in [-0.39, 0.29) is 43.2 Å². The van der Waals surface area contributed by atoms with Crippen molar-refractivity contribution in [1.82, 2.24) is 10.2 Å². The lowest BCUT2D eigenvalue weighted by molar-refractivity contribution is -0.141. The highest BCUT2D eigenvalue weighted by molar-refractivity contribution is 6.24. The Morgan fingerprint density at radius 2 is 1.26 bits per heavy atom. The Labute approximate surface area is 391 Å². The van der Waals surface area contributed by atoms with E-state index in [4.69, 9.17) is 22.9 Å². The lowest BCUT2D eigenvalue weighted by atomic mass is 9.79. The molecule has 0 spiro atoms. The van der Waals surface area contributed by atoms with Gasteiger partial charge < -0.3 is 33.2 Å². The summed E-state index contributed by atoms with van der Waals surface area (Å²) in [6.45, 7) is 0.651. The number of nitrogens with two attached hydrogens (primary N) is 4. The Kier molecular flexibility index (Phi) is 19.2. The quantitative estimate of drug-likeness (QED) is 0.0594. The maximum atomic E-state index is 15.1. The molecule has 1 heterocycles. The fraction of sp³-hybridized carbons (Fsp3) is 0.528. The van der Waals surface area contributed by atoms with Gasteiger partial charge in [-0.05, 0) is 105 Å². The summed E-state index contributed by atoms with van der Waals surface area (Å²) >= 11 is 0. The minimum absolute atomic E-state index is 0.0940. The first-order valence-corrected chi connectivity index (χ1v) is 24.5. The SMILES string of the molecule is NCCCC[C@H](NC(=O)[C@@H](N)Cc1ccccc1)C(=O)N1CCC[C@H]1C(=O)[C](Cc1ccccc1C(=O)N(C(=O)[C@@H](N)CC1CCCCC1)c1ccccc1)C(=O)[C@H](N)CC1CCCCC1. The number of benzene rings is 3. The second-order valence-corrected chi connectivity index (χ2v) is 18.9. The Balaban J connectivity index is 1.28. The van der Waals surface area contributed by atoms with Gasteiger partial charge in [0.15, 0.2) is 11.6 Å². The largest absolute Gasteiger partial charge is 0.343 e. The van der Waals surface area contributed by atoms with Gasteiger partial charge in [0.25, 0.3) is 11.8 Å². The van der Waals surface area contributed by atoms with Gasteiger partial charge >= 0.3 is 0 Å². The molecule has 13 heteroatoms. The lowest BCUT2D eigenvalue weighted by Crippen LogP contribution is -2.55. The van der Waals surface area contributed by atoms with Crippen LogP contribution in [-0.2, 0) is 36.8 Å². The molecule has 13 nitrogen and oxygen atoms in total. The van der Waals surface area contributed by atoms with Gasteiger partial charge in [0, 0.05) is 12.1 Å². The monoisotopic (exact) mass is 903 g/mol. The van der Waals surface area contributed by atoms with Crippen molar-refractivity contribution < 1.29 is 28.8 Å². The number of ketones is 2. The van der Waals surface area contributed by atoms with Crippen LogP contribution in [0.5, 0.6) is 0 Å². The van der Waals surface area contributed by atoms with Crippen LogP contribution in [0.2, 0.25) is 0 Å². The lowest BCUT2D eigenvalue weighted by Gasteiger charge is -2.32. The van der Waals surface area contributed by atoms with Crippen molar-refractivity contribution in [3.05, 3.63) is 108 Å². The van der Waals surface area contributed by atoms with Crippen LogP contribution in [0.15, 0.2) is 84.9 Å². The van der Waals surface area contributed by atoms with Crippen molar-refractivity contribution in [2.24, 2.45) is 34.8 Å². The Morgan fingerprint density at radius 3 is 1.89 bits per heavy atom. The molecule has 3 fully saturated rings. The number of para-hydroxylation sites is 1. The van der Waals surface area contributed by atoms with E-state index < -0.39 is 65.4 Å². The molecular weight excluding hydrogens is 831 g/mol. The Bertz CT molecular complexity index is 2070. The molecule has 6 rings (SSSR count). The molecule has 4 amide bonds. The van der Waals surface area contributed by atoms with E-state index in [2.05, 4.69) is 5.32 Å². The molecule has 3 aliphatic rings. The van der Waals surface area contributed by atoms with Gasteiger partial charge in [-0.25, -0.2) is 4.90 Å². The van der Waals surface area contributed by atoms with Crippen molar-refractivity contribution in [2.75, 3.05) is 18.0 Å². The normalized spacial score (nSPS) is 18.9. The summed E-state index contributed by atoms with van der Waals surface area (Å²) in [6, 6.07) is 20.0. The van der Waals surface area contributed by atoms with E-state index in [1.807, 2.05) is 30.3 Å². The number of amides is 4. The van der Waals surface area contributed by atoms with Crippen molar-refractivity contribution in [2.45, 2.75) is 152 Å². The summed E-state index contributed by atoms with van der Waals surface area (Å²) < 4.78 is 0. The van der Waals surface area contributed by atoms with Gasteiger partial charge in [-0.1, -0.05) is 131 Å². The third-order valence-electron chi connectivity index (χ3n) is 14.0. The van der Waals surface area contributed by atoms with Gasteiger partial charge in [0.2, 0.25) is 11.8 Å². The summed E-state index contributed by atoms with van der Waals surface area (Å²) in [6.07, 6.45) is 13.6. The maximum Gasteiger partial charge on any atom is 0.265 e. The number of hydrogen-bond donors (Lipinski definition) is 5. The fourth-order valence-corrected chi connectivity index (χ4v) is 10.3. The highest BCUT2D eigenvalue weighted by Crippen LogP contribution is 2.33. The molecule has 2 saturated carbocycles. The predicted molar refractivity (Wildman–Crippen MR) is 258 cm³/mol. The third kappa shape index (κ3) is 13.5. The highest BCUT2D eigenvalue weighted by atomic mass is 16.2. The minimum atomic E-state index is -1.01. The number of anilines is 1. The first-order chi connectivity index (χ1) is 32.0. The van der Waals surface area contributed by atoms with E-state index in [9.17, 15) is 24.0 Å². The number of unbranched alkanes of at least 4 members (excludes halogenated alkanes) is 1. The number of carbonyl (C=O) groups is 6. The van der Waals surface area contributed by atoms with Crippen LogP contribution >= 0.6 is 0 Å². The van der Waals surface area contributed by atoms with Gasteiger partial charge in [0.05, 0.1) is 29.9 Å². The number of nitrogens with zero attached hydrogens (tertiary/aromatic N) is 2. The second kappa shape index (κ2) is 25.2. The molecule has 0 aromatic heterocycles. The van der Waals surface area contributed by atoms with Gasteiger partial charge in [-0.2, -0.15) is 0 Å². The zero-order chi connectivity index (χ0) is 47.0. The molecular formula is C53H72N7O6. The van der Waals surface area contributed by atoms with Crippen molar-refractivity contribution in [3.8, 4) is 0 Å². The van der Waals surface area contributed by atoms with E-state index >= 15 is 4.79 Å². The smallest absolute Gasteiger partial charge is 0.265 e. The molecule has 9 N–H and O–H groups in total. The molecule has 2 aliphatic carbocycles. The fourth-order valence-electron chi connectivity index (χ4n) is 10.3. The Morgan fingerprint density at radius 1 is 0.667 bits per heavy atom. The summed E-state index contributed by atoms with van der Waals surface area (Å²) in [5.74, 6) is -2.67. The van der Waals surface area contributed by atoms with Gasteiger partial charge in [-0.15, -0.1) is 0 Å². The molecule has 3 aromatic rings. The first kappa shape index (κ1) is 50.3. The Hall–Kier alpha value is -5.08. The van der Waals surface area contributed by atoms with Crippen LogP contribution in [0.4, 0.5) is 5.69 Å². The maximum absolute atomic E-state index is 15.1. The number of nitrogens with one attached hydrogen (secondary N) is 1. The van der Waals surface area contributed by atoms with Crippen LogP contribution < -0.4 is 33.2 Å². The van der Waals surface area contributed by atoms with Crippen molar-refractivity contribution in [3.63, 3.8) is 0 Å². The summed E-state index contributed by atoms with van der Waals surface area (Å²) in [4.78, 5) is 89.9. The number of Topliss-reactive ketones (excluding diaryl/α,β-unsaturated/α-hetero) is 2. The molecule has 5 atom stereocenters. The van der Waals surface area contributed by atoms with E-state index in [0.717, 1.165) is 74.7 Å². The number of hydrogen-bond acceptors (Lipinski definition) is 10. The minimum Gasteiger partial charge on any atom is -0.343 e. The highest BCUT2D eigenvalue weighted by Gasteiger charge is 2.44. The van der Waals surface area contributed by atoms with E-state index in [1.165, 1.54) is 4.90 Å². The third-order valence-corrected chi connectivity index (χ3v) is 14.0. The number of carbonyl (C=O) groups excluding carboxylic acids is 6. The van der Waals surface area contributed by atoms with Crippen LogP contribution in [0.1, 0.15) is 131 Å². The van der Waals surface area contributed by atoms with E-state index in [1.54, 1.807) is 54.6 Å². The van der Waals surface area contributed by atoms with Crippen LogP contribution in [0, 0.1) is 17.8 Å². The molecule has 0 bridgehead atoms. The summed E-state index contributed by atoms with van der Waals surface area (Å²) in [5.41, 5.74) is 27.3. The first-order valence-electron chi connectivity index (χ1n) is 24.5. The van der Waals surface area contributed by atoms with Gasteiger partial charge in [0.1, 0.15) is 12.0 Å². The molecule has 3 aromatic carbocycles. The molecule has 1 saturated heterocycles. The average molecular weight is 903 g/mol. The molecule has 1 radical (unpaired) electrons. The van der Waals surface area contributed by atoms with Crippen LogP contribution in [0.25, 0.3) is 0 Å². The number of likely N-dealkylation sites (tertiary alicyclic amines) is 1. The van der Waals surface area contributed by atoms with Gasteiger partial charge in [-0.3, -0.25) is 28.8 Å². The molecule has 1 aliphatic heterocycles. The number of imide groups is 1. The van der Waals surface area contributed by atoms with Crippen LogP contribution in [-0.4, -0.2) is 83.4 Å². The average Bonchev–Trinajstić information content (AvgIpc) is 3.84. The summed E-state index contributed by atoms with van der Waals surface area (Å²) in [5, 5.41) is 2.89. The molecule has 0 unspecified atom stereocenters. The molecule has 66 heavy (non-hydrogen) atoms. The molecule has 355 valence electrons. The topological polar surface area (TPSA) is 225 Å². The standard InChI is InChI=1S/C53H72N7O6/c54-30-16-15-28-46(58-50(63)44(56)33-37-20-7-2-8-21-37)53(66)59-31-17-29-47(59)49(62)42(48(61)43(55)32-36-18-5-1-6-19-36)35-39-24-13-14-27-41(39)51(64)60(40-25-11-4-12-26-40)52(65)45(57)34-38-22-9-3-10-23-38/h2,4,7-8,11-14,20-21,24-27,36,38,43-47H,1,3,5-6,9-10,15-19,22-23,28-35,54-57H2,(H,58,63)/t43-,44+,45+,46+,47+/m1/s1. The summed E-state index contributed by atoms with van der Waals surface area (Å²) in [7, 11) is 0. The number of rotatable bonds is 22. The van der Waals surface area contributed by atoms with Crippen molar-refractivity contribution >= 4 is 40.9 Å². The predicted octanol–water partition coefficient (Wildman–Crippen LogP) is 5.89. The van der Waals surface area contributed by atoms with E-state index in [0.29, 0.717) is 62.2 Å². The van der Waals surface area contributed by atoms with Crippen LogP contribution in [0.3, 0.4) is 0 Å². The second-order valence-electron chi connectivity index (χ2n) is 18.9.